The van der Waals surface area contributed by atoms with Crippen LogP contribution in [-0.4, -0.2) is 0 Å². The van der Waals surface area contributed by atoms with Crippen LogP contribution in [0.5, 0.6) is 0 Å². The molecule has 0 heterocycles. The standard InChI is InChI=1S/C26H18.3C2H6/c1-17-14-15-21-20-10-4-7-13-24(20)26(25(21)16-17)22-11-5-2-8-18(22)19-9-3-6-12-23(19)26;3*1-2/h2-16H,1H3;3*1-2H3. The molecule has 0 atom stereocenters. The fourth-order valence-electron chi connectivity index (χ4n) is 5.21. The zero-order chi connectivity index (χ0) is 23.3. The summed E-state index contributed by atoms with van der Waals surface area (Å²) in [5.74, 6) is 0. The average molecular weight is 421 g/mol. The molecule has 0 aromatic heterocycles. The van der Waals surface area contributed by atoms with E-state index in [2.05, 4.69) is 97.9 Å². The average Bonchev–Trinajstić information content (AvgIpc) is 3.35. The first-order valence-electron chi connectivity index (χ1n) is 12.2. The highest BCUT2D eigenvalue weighted by Gasteiger charge is 2.51. The van der Waals surface area contributed by atoms with E-state index in [0.29, 0.717) is 0 Å². The van der Waals surface area contributed by atoms with Crippen LogP contribution in [0.2, 0.25) is 0 Å². The van der Waals surface area contributed by atoms with E-state index in [0.717, 1.165) is 0 Å². The zero-order valence-electron chi connectivity index (χ0n) is 20.7. The lowest BCUT2D eigenvalue weighted by Crippen LogP contribution is -2.25. The Labute approximate surface area is 195 Å². The smallest absolute Gasteiger partial charge is 0.0683 e. The summed E-state index contributed by atoms with van der Waals surface area (Å²) in [7, 11) is 0. The molecule has 2 aliphatic rings. The second-order valence-corrected chi connectivity index (χ2v) is 7.44. The van der Waals surface area contributed by atoms with E-state index in [-0.39, 0.29) is 5.41 Å². The molecule has 32 heavy (non-hydrogen) atoms. The van der Waals surface area contributed by atoms with Gasteiger partial charge in [0, 0.05) is 0 Å². The van der Waals surface area contributed by atoms with E-state index in [1.54, 1.807) is 0 Å². The molecule has 4 aromatic carbocycles. The van der Waals surface area contributed by atoms with Gasteiger partial charge in [-0.15, -0.1) is 0 Å². The van der Waals surface area contributed by atoms with Crippen molar-refractivity contribution in [2.45, 2.75) is 53.9 Å². The number of hydrogen-bond donors (Lipinski definition) is 0. The van der Waals surface area contributed by atoms with Crippen molar-refractivity contribution in [3.63, 3.8) is 0 Å². The van der Waals surface area contributed by atoms with Gasteiger partial charge in [-0.05, 0) is 51.4 Å². The second-order valence-electron chi connectivity index (χ2n) is 7.44. The monoisotopic (exact) mass is 420 g/mol. The van der Waals surface area contributed by atoms with Crippen LogP contribution in [0.1, 0.15) is 69.4 Å². The lowest BCUT2D eigenvalue weighted by Gasteiger charge is -2.30. The van der Waals surface area contributed by atoms with E-state index in [1.165, 1.54) is 50.1 Å². The largest absolute Gasteiger partial charge is 0.0725 e. The van der Waals surface area contributed by atoms with Crippen LogP contribution in [0.15, 0.2) is 91.0 Å². The second kappa shape index (κ2) is 10.0. The van der Waals surface area contributed by atoms with E-state index in [9.17, 15) is 0 Å². The number of aryl methyl sites for hydroxylation is 1. The van der Waals surface area contributed by atoms with E-state index in [1.807, 2.05) is 41.5 Å². The molecule has 0 nitrogen and oxygen atoms in total. The third-order valence-corrected chi connectivity index (χ3v) is 6.15. The fraction of sp³-hybridized carbons (Fsp3) is 0.250. The maximum Gasteiger partial charge on any atom is 0.0725 e. The molecular weight excluding hydrogens is 384 g/mol. The summed E-state index contributed by atoms with van der Waals surface area (Å²) in [6.07, 6.45) is 0. The molecule has 0 saturated carbocycles. The molecule has 0 amide bonds. The molecule has 164 valence electrons. The van der Waals surface area contributed by atoms with Gasteiger partial charge in [0.1, 0.15) is 0 Å². The van der Waals surface area contributed by atoms with Crippen molar-refractivity contribution in [2.24, 2.45) is 0 Å². The number of benzene rings is 4. The van der Waals surface area contributed by atoms with Gasteiger partial charge in [-0.3, -0.25) is 0 Å². The molecular formula is C32H36. The lowest BCUT2D eigenvalue weighted by atomic mass is 9.70. The van der Waals surface area contributed by atoms with Crippen LogP contribution >= 0.6 is 0 Å². The van der Waals surface area contributed by atoms with Crippen molar-refractivity contribution in [3.05, 3.63) is 119 Å². The maximum absolute atomic E-state index is 2.40. The molecule has 0 heteroatoms. The molecule has 4 aromatic rings. The summed E-state index contributed by atoms with van der Waals surface area (Å²) in [4.78, 5) is 0. The molecule has 0 saturated heterocycles. The molecule has 0 unspecified atom stereocenters. The van der Waals surface area contributed by atoms with Gasteiger partial charge in [0.15, 0.2) is 0 Å². The highest BCUT2D eigenvalue weighted by Crippen LogP contribution is 2.62. The molecule has 6 rings (SSSR count). The molecule has 0 aliphatic heterocycles. The summed E-state index contributed by atoms with van der Waals surface area (Å²) in [5.41, 5.74) is 12.3. The Morgan fingerprint density at radius 2 is 0.750 bits per heavy atom. The quantitative estimate of drug-likeness (QED) is 0.229. The van der Waals surface area contributed by atoms with Crippen molar-refractivity contribution >= 4 is 0 Å². The Balaban J connectivity index is 0.000000448. The summed E-state index contributed by atoms with van der Waals surface area (Å²) >= 11 is 0. The Morgan fingerprint density at radius 1 is 0.406 bits per heavy atom. The van der Waals surface area contributed by atoms with Gasteiger partial charge < -0.3 is 0 Å². The molecule has 0 radical (unpaired) electrons. The predicted molar refractivity (Wildman–Crippen MR) is 142 cm³/mol. The lowest BCUT2D eigenvalue weighted by molar-refractivity contribution is 0.792. The van der Waals surface area contributed by atoms with Crippen LogP contribution in [0.4, 0.5) is 0 Å². The molecule has 0 N–H and O–H groups in total. The van der Waals surface area contributed by atoms with Crippen molar-refractivity contribution < 1.29 is 0 Å². The first-order valence-corrected chi connectivity index (χ1v) is 12.2. The number of rotatable bonds is 0. The van der Waals surface area contributed by atoms with Crippen molar-refractivity contribution in [2.75, 3.05) is 0 Å². The minimum atomic E-state index is -0.189. The predicted octanol–water partition coefficient (Wildman–Crippen LogP) is 9.42. The molecule has 1 spiro atoms. The van der Waals surface area contributed by atoms with Crippen LogP contribution in [0.25, 0.3) is 22.3 Å². The highest BCUT2D eigenvalue weighted by molar-refractivity contribution is 5.94. The Bertz CT molecular complexity index is 1130. The van der Waals surface area contributed by atoms with Gasteiger partial charge in [-0.2, -0.15) is 0 Å². The van der Waals surface area contributed by atoms with Crippen molar-refractivity contribution in [1.82, 2.24) is 0 Å². The Kier molecular flexibility index (Phi) is 7.36. The summed E-state index contributed by atoms with van der Waals surface area (Å²) in [6, 6.07) is 33.8. The zero-order valence-corrected chi connectivity index (χ0v) is 20.7. The van der Waals surface area contributed by atoms with Gasteiger partial charge in [0.2, 0.25) is 0 Å². The first-order chi connectivity index (χ1) is 15.8. The number of hydrogen-bond acceptors (Lipinski definition) is 0. The van der Waals surface area contributed by atoms with Gasteiger partial charge in [-0.1, -0.05) is 138 Å². The summed E-state index contributed by atoms with van der Waals surface area (Å²) < 4.78 is 0. The van der Waals surface area contributed by atoms with Crippen LogP contribution in [0.3, 0.4) is 0 Å². The third kappa shape index (κ3) is 3.21. The maximum atomic E-state index is 2.40. The minimum absolute atomic E-state index is 0.189. The van der Waals surface area contributed by atoms with Gasteiger partial charge in [0.05, 0.1) is 5.41 Å². The first kappa shape index (κ1) is 23.5. The topological polar surface area (TPSA) is 0 Å². The van der Waals surface area contributed by atoms with Crippen molar-refractivity contribution in [1.29, 1.82) is 0 Å². The van der Waals surface area contributed by atoms with Crippen LogP contribution in [0, 0.1) is 6.92 Å². The van der Waals surface area contributed by atoms with Gasteiger partial charge in [-0.25, -0.2) is 0 Å². The molecule has 2 aliphatic carbocycles. The minimum Gasteiger partial charge on any atom is -0.0683 e. The van der Waals surface area contributed by atoms with Crippen LogP contribution in [-0.2, 0) is 5.41 Å². The van der Waals surface area contributed by atoms with E-state index in [4.69, 9.17) is 0 Å². The van der Waals surface area contributed by atoms with Crippen LogP contribution < -0.4 is 0 Å². The third-order valence-electron chi connectivity index (χ3n) is 6.15. The summed E-state index contributed by atoms with van der Waals surface area (Å²) in [6.45, 7) is 14.2. The van der Waals surface area contributed by atoms with Gasteiger partial charge >= 0.3 is 0 Å². The Hall–Kier alpha value is -3.12. The Morgan fingerprint density at radius 3 is 1.16 bits per heavy atom. The van der Waals surface area contributed by atoms with E-state index >= 15 is 0 Å². The highest BCUT2D eigenvalue weighted by atomic mass is 14.5. The number of fused-ring (bicyclic) bond motifs is 10. The SMILES string of the molecule is CC.CC.CC.Cc1ccc2c(c1)C1(c3ccccc3-c3ccccc31)c1ccccc1-2. The molecule has 0 fully saturated rings. The van der Waals surface area contributed by atoms with Gasteiger partial charge in [0.25, 0.3) is 0 Å². The summed E-state index contributed by atoms with van der Waals surface area (Å²) in [5, 5.41) is 0. The normalized spacial score (nSPS) is 12.5. The fourth-order valence-corrected chi connectivity index (χ4v) is 5.21. The van der Waals surface area contributed by atoms with E-state index < -0.39 is 0 Å². The molecule has 0 bridgehead atoms. The van der Waals surface area contributed by atoms with Crippen molar-refractivity contribution in [3.8, 4) is 22.3 Å².